The zero-order valence-corrected chi connectivity index (χ0v) is 13.3. The molecule has 20 heavy (non-hydrogen) atoms. The molecular weight excluding hydrogens is 361 g/mol. The molecule has 2 nitrogen and oxygen atoms in total. The Morgan fingerprint density at radius 1 is 1.15 bits per heavy atom. The Morgan fingerprint density at radius 3 is 2.85 bits per heavy atom. The lowest BCUT2D eigenvalue weighted by molar-refractivity contribution is -0.117. The number of carbonyl (C=O) groups excluding carboxylic acids is 1. The predicted molar refractivity (Wildman–Crippen MR) is 89.9 cm³/mol. The first kappa shape index (κ1) is 13.6. The van der Waals surface area contributed by atoms with E-state index in [-0.39, 0.29) is 11.8 Å². The summed E-state index contributed by atoms with van der Waals surface area (Å²) in [4.78, 5) is 12.5. The van der Waals surface area contributed by atoms with Gasteiger partial charge in [0.25, 0.3) is 0 Å². The van der Waals surface area contributed by atoms with Gasteiger partial charge in [0.2, 0.25) is 5.91 Å². The highest BCUT2D eigenvalue weighted by Crippen LogP contribution is 2.32. The zero-order valence-electron chi connectivity index (χ0n) is 11.1. The summed E-state index contributed by atoms with van der Waals surface area (Å²) in [5.74, 6) is 0.0944. The van der Waals surface area contributed by atoms with E-state index in [1.165, 1.54) is 11.1 Å². The molecule has 2 aromatic rings. The van der Waals surface area contributed by atoms with Gasteiger partial charge in [-0.05, 0) is 71.2 Å². The van der Waals surface area contributed by atoms with Crippen LogP contribution >= 0.6 is 22.6 Å². The maximum absolute atomic E-state index is 12.5. The van der Waals surface area contributed by atoms with Crippen molar-refractivity contribution >= 4 is 34.2 Å². The van der Waals surface area contributed by atoms with Gasteiger partial charge in [-0.15, -0.1) is 0 Å². The molecule has 0 fully saturated rings. The molecule has 0 spiro atoms. The molecule has 0 aliphatic heterocycles. The largest absolute Gasteiger partial charge is 0.326 e. The van der Waals surface area contributed by atoms with E-state index in [1.54, 1.807) is 0 Å². The second kappa shape index (κ2) is 5.95. The van der Waals surface area contributed by atoms with E-state index < -0.39 is 0 Å². The van der Waals surface area contributed by atoms with Crippen LogP contribution in [0.25, 0.3) is 0 Å². The molecule has 3 rings (SSSR count). The number of benzene rings is 2. The summed E-state index contributed by atoms with van der Waals surface area (Å²) < 4.78 is 1.13. The number of rotatable bonds is 2. The van der Waals surface area contributed by atoms with Gasteiger partial charge in [-0.1, -0.05) is 30.3 Å². The van der Waals surface area contributed by atoms with Crippen molar-refractivity contribution in [2.24, 2.45) is 0 Å². The van der Waals surface area contributed by atoms with Gasteiger partial charge in [0.1, 0.15) is 0 Å². The van der Waals surface area contributed by atoms with Crippen molar-refractivity contribution in [3.05, 3.63) is 63.2 Å². The molecule has 3 heteroatoms. The molecule has 1 aliphatic carbocycles. The van der Waals surface area contributed by atoms with E-state index in [0.717, 1.165) is 28.5 Å². The lowest BCUT2D eigenvalue weighted by atomic mass is 9.82. The number of carbonyl (C=O) groups is 1. The number of halogens is 1. The van der Waals surface area contributed by atoms with Crippen LogP contribution in [0.1, 0.15) is 29.9 Å². The molecular formula is C17H16INO. The van der Waals surface area contributed by atoms with Crippen molar-refractivity contribution in [1.82, 2.24) is 0 Å². The smallest absolute Gasteiger partial charge is 0.231 e. The normalized spacial score (nSPS) is 17.4. The van der Waals surface area contributed by atoms with Crippen LogP contribution in [-0.4, -0.2) is 5.91 Å². The van der Waals surface area contributed by atoms with Gasteiger partial charge in [0, 0.05) is 9.26 Å². The number of hydrogen-bond acceptors (Lipinski definition) is 1. The first-order valence-corrected chi connectivity index (χ1v) is 7.96. The summed E-state index contributed by atoms with van der Waals surface area (Å²) >= 11 is 2.26. The summed E-state index contributed by atoms with van der Waals surface area (Å²) in [5.41, 5.74) is 3.40. The van der Waals surface area contributed by atoms with E-state index in [4.69, 9.17) is 0 Å². The number of nitrogens with one attached hydrogen (secondary N) is 1. The van der Waals surface area contributed by atoms with Crippen LogP contribution in [0.3, 0.4) is 0 Å². The van der Waals surface area contributed by atoms with E-state index in [9.17, 15) is 4.79 Å². The SMILES string of the molecule is O=C(Nc1cccc(I)c1)C1CCCc2ccccc21. The maximum atomic E-state index is 12.5. The second-order valence-corrected chi connectivity index (χ2v) is 6.39. The Kier molecular flexibility index (Phi) is 4.05. The summed E-state index contributed by atoms with van der Waals surface area (Å²) in [6.07, 6.45) is 3.11. The van der Waals surface area contributed by atoms with Crippen molar-refractivity contribution in [3.63, 3.8) is 0 Å². The third-order valence-corrected chi connectivity index (χ3v) is 4.45. The molecule has 0 radical (unpaired) electrons. The molecule has 102 valence electrons. The van der Waals surface area contributed by atoms with Crippen molar-refractivity contribution in [2.45, 2.75) is 25.2 Å². The number of hydrogen-bond donors (Lipinski definition) is 1. The van der Waals surface area contributed by atoms with Crippen LogP contribution in [0.15, 0.2) is 48.5 Å². The molecule has 1 aliphatic rings. The Hall–Kier alpha value is -1.36. The van der Waals surface area contributed by atoms with Gasteiger partial charge in [-0.25, -0.2) is 0 Å². The zero-order chi connectivity index (χ0) is 13.9. The van der Waals surface area contributed by atoms with E-state index in [2.05, 4.69) is 46.1 Å². The van der Waals surface area contributed by atoms with E-state index in [1.807, 2.05) is 30.3 Å². The van der Waals surface area contributed by atoms with Gasteiger partial charge in [0.15, 0.2) is 0 Å². The van der Waals surface area contributed by atoms with Gasteiger partial charge in [-0.2, -0.15) is 0 Å². The number of anilines is 1. The fourth-order valence-electron chi connectivity index (χ4n) is 2.82. The van der Waals surface area contributed by atoms with E-state index >= 15 is 0 Å². The highest BCUT2D eigenvalue weighted by atomic mass is 127. The number of aryl methyl sites for hydroxylation is 1. The minimum absolute atomic E-state index is 0.0159. The third kappa shape index (κ3) is 2.87. The summed E-state index contributed by atoms with van der Waals surface area (Å²) in [6, 6.07) is 16.2. The average molecular weight is 377 g/mol. The van der Waals surface area contributed by atoms with Crippen LogP contribution < -0.4 is 5.32 Å². The summed E-state index contributed by atoms with van der Waals surface area (Å²) in [7, 11) is 0. The fraction of sp³-hybridized carbons (Fsp3) is 0.235. The quantitative estimate of drug-likeness (QED) is 0.775. The number of fused-ring (bicyclic) bond motifs is 1. The van der Waals surface area contributed by atoms with Crippen LogP contribution in [0.4, 0.5) is 5.69 Å². The second-order valence-electron chi connectivity index (χ2n) is 5.14. The number of amides is 1. The van der Waals surface area contributed by atoms with E-state index in [0.29, 0.717) is 0 Å². The Morgan fingerprint density at radius 2 is 2.00 bits per heavy atom. The molecule has 0 aromatic heterocycles. The van der Waals surface area contributed by atoms with Gasteiger partial charge >= 0.3 is 0 Å². The average Bonchev–Trinajstić information content (AvgIpc) is 2.46. The minimum atomic E-state index is -0.0159. The molecule has 0 saturated heterocycles. The van der Waals surface area contributed by atoms with Crippen LogP contribution in [-0.2, 0) is 11.2 Å². The molecule has 1 N–H and O–H groups in total. The Bertz CT molecular complexity index is 638. The Balaban J connectivity index is 1.82. The minimum Gasteiger partial charge on any atom is -0.326 e. The first-order chi connectivity index (χ1) is 9.74. The van der Waals surface area contributed by atoms with Gasteiger partial charge in [-0.3, -0.25) is 4.79 Å². The van der Waals surface area contributed by atoms with Crippen molar-refractivity contribution < 1.29 is 4.79 Å². The van der Waals surface area contributed by atoms with Gasteiger partial charge in [0.05, 0.1) is 5.92 Å². The molecule has 1 atom stereocenters. The van der Waals surface area contributed by atoms with Crippen molar-refractivity contribution in [2.75, 3.05) is 5.32 Å². The summed E-state index contributed by atoms with van der Waals surface area (Å²) in [5, 5.41) is 3.05. The highest BCUT2D eigenvalue weighted by molar-refractivity contribution is 14.1. The predicted octanol–water partition coefficient (Wildman–Crippen LogP) is 4.35. The standard InChI is InChI=1S/C17H16INO/c18-13-7-4-8-14(11-13)19-17(20)16-10-3-6-12-5-1-2-9-15(12)16/h1-2,4-5,7-9,11,16H,3,6,10H2,(H,19,20). The molecule has 0 bridgehead atoms. The summed E-state index contributed by atoms with van der Waals surface area (Å²) in [6.45, 7) is 0. The topological polar surface area (TPSA) is 29.1 Å². The van der Waals surface area contributed by atoms with Crippen LogP contribution in [0.5, 0.6) is 0 Å². The highest BCUT2D eigenvalue weighted by Gasteiger charge is 2.26. The monoisotopic (exact) mass is 377 g/mol. The fourth-order valence-corrected chi connectivity index (χ4v) is 3.36. The molecule has 2 aromatic carbocycles. The lowest BCUT2D eigenvalue weighted by Crippen LogP contribution is -2.24. The Labute approximate surface area is 132 Å². The van der Waals surface area contributed by atoms with Crippen LogP contribution in [0, 0.1) is 3.57 Å². The lowest BCUT2D eigenvalue weighted by Gasteiger charge is -2.24. The molecule has 0 heterocycles. The van der Waals surface area contributed by atoms with Crippen molar-refractivity contribution in [3.8, 4) is 0 Å². The molecule has 0 saturated carbocycles. The maximum Gasteiger partial charge on any atom is 0.231 e. The van der Waals surface area contributed by atoms with Gasteiger partial charge < -0.3 is 5.32 Å². The molecule has 1 unspecified atom stereocenters. The molecule has 1 amide bonds. The van der Waals surface area contributed by atoms with Crippen molar-refractivity contribution in [1.29, 1.82) is 0 Å². The first-order valence-electron chi connectivity index (χ1n) is 6.88. The third-order valence-electron chi connectivity index (χ3n) is 3.78. The van der Waals surface area contributed by atoms with Crippen LogP contribution in [0.2, 0.25) is 0 Å².